The minimum absolute atomic E-state index is 0.0892. The van der Waals surface area contributed by atoms with Crippen LogP contribution in [-0.4, -0.2) is 101 Å². The van der Waals surface area contributed by atoms with E-state index in [0.717, 1.165) is 56.5 Å². The topological polar surface area (TPSA) is 97.6 Å². The van der Waals surface area contributed by atoms with Crippen LogP contribution in [0.15, 0.2) is 68.0 Å². The zero-order valence-corrected chi connectivity index (χ0v) is 34.6. The van der Waals surface area contributed by atoms with Crippen molar-refractivity contribution < 1.29 is 41.4 Å². The van der Waals surface area contributed by atoms with Crippen molar-refractivity contribution in [2.75, 3.05) is 74.0 Å². The van der Waals surface area contributed by atoms with E-state index in [1.54, 1.807) is 34.1 Å². The summed E-state index contributed by atoms with van der Waals surface area (Å²) >= 11 is 10.2. The number of Topliss-reactive ketones (excluding diaryl/α,β-unsaturated/α-hetero) is 2. The standard InChI is InChI=1S/C13H15BrF2N2O.C13H12BrF2NO2.C13H14BrNO2/c14-8-1-2-9-10(7-8)18-4-6-19-5-3-11(18)13(15,16)12(9)17;14-8-1-2-9-10(7-8)17-4-6-19-5-3-11(17)13(15,16)12(9)18;14-9-1-2-11-12(7-9)15-4-6-17-5-3-10(15)8-13(11)16/h1-2,7,11-12H,3-6,17H2;1-2,7,11H,3-6H2;1-2,7,10H,3-6,8H2. The maximum atomic E-state index is 14.5. The first kappa shape index (κ1) is 40.6. The minimum Gasteiger partial charge on any atom is -0.380 e. The number of carbonyl (C=O) groups is 2. The van der Waals surface area contributed by atoms with Crippen LogP contribution in [0.1, 0.15) is 58.0 Å². The maximum Gasteiger partial charge on any atom is 0.329 e. The van der Waals surface area contributed by atoms with E-state index in [2.05, 4.69) is 52.7 Å². The molecule has 4 unspecified atom stereocenters. The Kier molecular flexibility index (Phi) is 12.3. The van der Waals surface area contributed by atoms with E-state index in [-0.39, 0.29) is 24.4 Å². The van der Waals surface area contributed by atoms with Crippen LogP contribution in [0.25, 0.3) is 0 Å². The number of rotatable bonds is 0. The molecule has 0 bridgehead atoms. The number of hydrogen-bond donors (Lipinski definition) is 1. The Labute approximate surface area is 342 Å². The van der Waals surface area contributed by atoms with Crippen LogP contribution in [0.4, 0.5) is 34.6 Å². The second-order valence-electron chi connectivity index (χ2n) is 14.2. The van der Waals surface area contributed by atoms with Crippen molar-refractivity contribution in [2.45, 2.75) is 61.7 Å². The first-order valence-corrected chi connectivity index (χ1v) is 20.7. The van der Waals surface area contributed by atoms with E-state index >= 15 is 0 Å². The Morgan fingerprint density at radius 1 is 0.618 bits per heavy atom. The summed E-state index contributed by atoms with van der Waals surface area (Å²) in [5, 5.41) is 0. The second kappa shape index (κ2) is 16.7. The van der Waals surface area contributed by atoms with Crippen LogP contribution in [0.5, 0.6) is 0 Å². The fourth-order valence-electron chi connectivity index (χ4n) is 8.26. The highest BCUT2D eigenvalue weighted by atomic mass is 79.9. The predicted octanol–water partition coefficient (Wildman–Crippen LogP) is 8.20. The number of fused-ring (bicyclic) bond motifs is 9. The van der Waals surface area contributed by atoms with Crippen molar-refractivity contribution in [3.05, 3.63) is 84.7 Å². The lowest BCUT2D eigenvalue weighted by molar-refractivity contribution is -0.0599. The zero-order chi connectivity index (χ0) is 39.1. The molecule has 0 saturated carbocycles. The fraction of sp³-hybridized carbons (Fsp3) is 0.487. The summed E-state index contributed by atoms with van der Waals surface area (Å²) < 4.78 is 76.1. The van der Waals surface area contributed by atoms with Gasteiger partial charge in [0.2, 0.25) is 5.78 Å². The van der Waals surface area contributed by atoms with E-state index < -0.39 is 35.8 Å². The number of nitrogens with zero attached hydrogens (tertiary/aromatic N) is 3. The van der Waals surface area contributed by atoms with Crippen LogP contribution >= 0.6 is 47.8 Å². The highest BCUT2D eigenvalue weighted by Crippen LogP contribution is 2.47. The van der Waals surface area contributed by atoms with Gasteiger partial charge in [-0.3, -0.25) is 9.59 Å². The Hall–Kier alpha value is -2.60. The summed E-state index contributed by atoms with van der Waals surface area (Å²) in [5.41, 5.74) is 9.67. The highest BCUT2D eigenvalue weighted by molar-refractivity contribution is 9.11. The molecular formula is C39H41Br3F4N4O5. The Morgan fingerprint density at radius 2 is 1.11 bits per heavy atom. The van der Waals surface area contributed by atoms with E-state index in [1.807, 2.05) is 24.3 Å². The number of carbonyl (C=O) groups excluding carboxylic acids is 2. The molecule has 0 amide bonds. The maximum absolute atomic E-state index is 14.5. The van der Waals surface area contributed by atoms with Crippen molar-refractivity contribution in [3.8, 4) is 0 Å². The number of hydrogen-bond acceptors (Lipinski definition) is 9. The molecule has 55 heavy (non-hydrogen) atoms. The van der Waals surface area contributed by atoms with Gasteiger partial charge in [-0.2, -0.15) is 8.78 Å². The zero-order valence-electron chi connectivity index (χ0n) is 29.8. The molecule has 16 heteroatoms. The lowest BCUT2D eigenvalue weighted by atomic mass is 9.87. The molecule has 2 N–H and O–H groups in total. The van der Waals surface area contributed by atoms with Crippen LogP contribution in [0.3, 0.4) is 0 Å². The predicted molar refractivity (Wildman–Crippen MR) is 212 cm³/mol. The smallest absolute Gasteiger partial charge is 0.329 e. The molecule has 3 fully saturated rings. The third-order valence-corrected chi connectivity index (χ3v) is 12.5. The number of ketones is 2. The number of anilines is 3. The van der Waals surface area contributed by atoms with Crippen LogP contribution in [-0.2, 0) is 14.2 Å². The molecule has 296 valence electrons. The number of halogens is 7. The van der Waals surface area contributed by atoms with Crippen LogP contribution in [0, 0.1) is 0 Å². The second-order valence-corrected chi connectivity index (χ2v) is 17.0. The molecule has 3 aromatic carbocycles. The number of ether oxygens (including phenoxy) is 3. The number of alkyl halides is 4. The summed E-state index contributed by atoms with van der Waals surface area (Å²) in [5.74, 6) is -7.11. The van der Waals surface area contributed by atoms with Gasteiger partial charge in [-0.1, -0.05) is 53.9 Å². The molecule has 6 aliphatic heterocycles. The third kappa shape index (κ3) is 8.11. The highest BCUT2D eigenvalue weighted by Gasteiger charge is 2.55. The normalized spacial score (nSPS) is 26.4. The van der Waals surface area contributed by atoms with Gasteiger partial charge in [0.1, 0.15) is 6.04 Å². The summed E-state index contributed by atoms with van der Waals surface area (Å²) in [6.07, 6.45) is 2.02. The van der Waals surface area contributed by atoms with Crippen LogP contribution < -0.4 is 20.4 Å². The average Bonchev–Trinajstić information content (AvgIpc) is 3.67. The first-order chi connectivity index (χ1) is 26.3. The molecule has 0 aromatic heterocycles. The number of nitrogens with two attached hydrogens (primary N) is 1. The molecule has 9 rings (SSSR count). The fourth-order valence-corrected chi connectivity index (χ4v) is 9.31. The van der Waals surface area contributed by atoms with Gasteiger partial charge in [0.05, 0.1) is 31.9 Å². The molecule has 4 atom stereocenters. The van der Waals surface area contributed by atoms with Crippen LogP contribution in [0.2, 0.25) is 0 Å². The molecular weight excluding hydrogens is 920 g/mol. The van der Waals surface area contributed by atoms with Crippen molar-refractivity contribution >= 4 is 76.4 Å². The van der Waals surface area contributed by atoms with E-state index in [0.29, 0.717) is 63.0 Å². The number of benzene rings is 3. The summed E-state index contributed by atoms with van der Waals surface area (Å²) in [6.45, 7) is 4.70. The van der Waals surface area contributed by atoms with E-state index in [1.165, 1.54) is 6.07 Å². The molecule has 6 aliphatic rings. The van der Waals surface area contributed by atoms with Gasteiger partial charge in [0.15, 0.2) is 5.78 Å². The lowest BCUT2D eigenvalue weighted by Gasteiger charge is -2.45. The molecule has 0 spiro atoms. The van der Waals surface area contributed by atoms with Gasteiger partial charge in [-0.25, -0.2) is 8.78 Å². The van der Waals surface area contributed by atoms with E-state index in [9.17, 15) is 27.2 Å². The summed E-state index contributed by atoms with van der Waals surface area (Å²) in [4.78, 5) is 29.7. The first-order valence-electron chi connectivity index (χ1n) is 18.3. The Balaban J connectivity index is 0.000000127. The van der Waals surface area contributed by atoms with Gasteiger partial charge < -0.3 is 34.6 Å². The molecule has 9 nitrogen and oxygen atoms in total. The molecule has 3 aromatic rings. The van der Waals surface area contributed by atoms with Gasteiger partial charge in [-0.15, -0.1) is 0 Å². The quantitative estimate of drug-likeness (QED) is 0.224. The van der Waals surface area contributed by atoms with Gasteiger partial charge in [0, 0.05) is 93.5 Å². The summed E-state index contributed by atoms with van der Waals surface area (Å²) in [7, 11) is 0. The largest absolute Gasteiger partial charge is 0.380 e. The molecule has 3 saturated heterocycles. The molecule has 0 radical (unpaired) electrons. The Morgan fingerprint density at radius 3 is 1.75 bits per heavy atom. The van der Waals surface area contributed by atoms with Crippen molar-refractivity contribution in [2.24, 2.45) is 5.73 Å². The Bertz CT molecular complexity index is 1920. The SMILES string of the molecule is NC1c2ccc(Br)cc2N2CCOCCC2C1(F)F.O=C1CC2CCOCCN2c2cc(Br)ccc21.O=C1c2ccc(Br)cc2N2CCOCCC2C1(F)F. The third-order valence-electron chi connectivity index (χ3n) is 11.0. The summed E-state index contributed by atoms with van der Waals surface area (Å²) in [6, 6.07) is 13.1. The van der Waals surface area contributed by atoms with Crippen molar-refractivity contribution in [3.63, 3.8) is 0 Å². The lowest BCUT2D eigenvalue weighted by Crippen LogP contribution is -2.57. The average molecular weight is 961 g/mol. The monoisotopic (exact) mass is 958 g/mol. The van der Waals surface area contributed by atoms with Gasteiger partial charge in [-0.05, 0) is 73.4 Å². The van der Waals surface area contributed by atoms with Crippen molar-refractivity contribution in [1.82, 2.24) is 0 Å². The minimum atomic E-state index is -3.35. The molecule has 0 aliphatic carbocycles. The van der Waals surface area contributed by atoms with Crippen molar-refractivity contribution in [1.29, 1.82) is 0 Å². The van der Waals surface area contributed by atoms with E-state index in [4.69, 9.17) is 19.9 Å². The van der Waals surface area contributed by atoms with Gasteiger partial charge >= 0.3 is 5.92 Å². The van der Waals surface area contributed by atoms with Gasteiger partial charge in [0.25, 0.3) is 5.92 Å². The molecule has 6 heterocycles.